The van der Waals surface area contributed by atoms with Crippen LogP contribution in [-0.2, 0) is 6.42 Å². The molecule has 13 heavy (non-hydrogen) atoms. The maximum absolute atomic E-state index is 2.31. The van der Waals surface area contributed by atoms with Crippen molar-refractivity contribution in [2.75, 3.05) is 0 Å². The summed E-state index contributed by atoms with van der Waals surface area (Å²) in [4.78, 5) is 0. The van der Waals surface area contributed by atoms with Gasteiger partial charge in [0.05, 0.1) is 0 Å². The van der Waals surface area contributed by atoms with Crippen LogP contribution in [0.5, 0.6) is 0 Å². The molecule has 0 unspecified atom stereocenters. The van der Waals surface area contributed by atoms with Crippen LogP contribution in [0, 0.1) is 5.92 Å². The highest BCUT2D eigenvalue weighted by Crippen LogP contribution is 2.21. The zero-order valence-electron chi connectivity index (χ0n) is 8.08. The molecule has 2 aromatic rings. The molecule has 0 aliphatic heterocycles. The second-order valence-corrected chi connectivity index (χ2v) is 4.68. The van der Waals surface area contributed by atoms with Gasteiger partial charge in [0, 0.05) is 0 Å². The lowest BCUT2D eigenvalue weighted by atomic mass is 10.0. The van der Waals surface area contributed by atoms with E-state index >= 15 is 0 Å². The van der Waals surface area contributed by atoms with Crippen molar-refractivity contribution in [3.63, 3.8) is 0 Å². The van der Waals surface area contributed by atoms with E-state index in [0.717, 1.165) is 5.92 Å². The largest absolute Gasteiger partial charge is 0.151 e. The van der Waals surface area contributed by atoms with E-state index in [4.69, 9.17) is 0 Å². The minimum absolute atomic E-state index is 0.746. The van der Waals surface area contributed by atoms with E-state index in [2.05, 4.69) is 42.8 Å². The first kappa shape index (κ1) is 8.76. The normalized spacial score (nSPS) is 11.3. The molecule has 1 heteroatoms. The van der Waals surface area contributed by atoms with Crippen molar-refractivity contribution in [3.05, 3.63) is 34.5 Å². The van der Waals surface area contributed by atoms with Crippen LogP contribution in [0.4, 0.5) is 0 Å². The monoisotopic (exact) mass is 190 g/mol. The third-order valence-corrected chi connectivity index (χ3v) is 2.97. The van der Waals surface area contributed by atoms with Gasteiger partial charge in [-0.1, -0.05) is 32.0 Å². The number of thiophene rings is 1. The molecule has 0 aliphatic carbocycles. The van der Waals surface area contributed by atoms with Gasteiger partial charge in [-0.2, -0.15) is 11.3 Å². The average molecular weight is 190 g/mol. The summed E-state index contributed by atoms with van der Waals surface area (Å²) in [6, 6.07) is 6.78. The molecule has 0 bridgehead atoms. The Morgan fingerprint density at radius 3 is 2.69 bits per heavy atom. The Morgan fingerprint density at radius 2 is 1.92 bits per heavy atom. The van der Waals surface area contributed by atoms with Crippen LogP contribution in [0.15, 0.2) is 29.0 Å². The van der Waals surface area contributed by atoms with Crippen LogP contribution < -0.4 is 0 Å². The Morgan fingerprint density at radius 1 is 1.15 bits per heavy atom. The van der Waals surface area contributed by atoms with Crippen LogP contribution in [-0.4, -0.2) is 0 Å². The third kappa shape index (κ3) is 1.92. The lowest BCUT2D eigenvalue weighted by Crippen LogP contribution is -1.92. The van der Waals surface area contributed by atoms with Crippen molar-refractivity contribution < 1.29 is 0 Å². The lowest BCUT2D eigenvalue weighted by Gasteiger charge is -2.04. The standard InChI is InChI=1S/C12H14S/c1-9(2)5-10-3-4-11-7-13-8-12(11)6-10/h3-4,6-9H,5H2,1-2H3. The maximum atomic E-state index is 2.31. The molecular formula is C12H14S. The van der Waals surface area contributed by atoms with Crippen LogP contribution in [0.3, 0.4) is 0 Å². The predicted octanol–water partition coefficient (Wildman–Crippen LogP) is 4.10. The van der Waals surface area contributed by atoms with E-state index in [1.807, 2.05) is 0 Å². The zero-order valence-corrected chi connectivity index (χ0v) is 8.90. The lowest BCUT2D eigenvalue weighted by molar-refractivity contribution is 0.648. The second kappa shape index (κ2) is 3.51. The van der Waals surface area contributed by atoms with Crippen molar-refractivity contribution in [3.8, 4) is 0 Å². The van der Waals surface area contributed by atoms with Crippen LogP contribution in [0.1, 0.15) is 19.4 Å². The Bertz CT molecular complexity index is 398. The van der Waals surface area contributed by atoms with Crippen molar-refractivity contribution >= 4 is 22.1 Å². The van der Waals surface area contributed by atoms with E-state index in [1.54, 1.807) is 11.3 Å². The van der Waals surface area contributed by atoms with Crippen molar-refractivity contribution in [1.29, 1.82) is 0 Å². The molecule has 0 fully saturated rings. The third-order valence-electron chi connectivity index (χ3n) is 2.19. The molecule has 0 amide bonds. The SMILES string of the molecule is CC(C)Cc1ccc2cscc2c1. The fraction of sp³-hybridized carbons (Fsp3) is 0.333. The summed E-state index contributed by atoms with van der Waals surface area (Å²) in [5, 5.41) is 7.19. The van der Waals surface area contributed by atoms with E-state index < -0.39 is 0 Å². The summed E-state index contributed by atoms with van der Waals surface area (Å²) in [6.07, 6.45) is 1.19. The summed E-state index contributed by atoms with van der Waals surface area (Å²) >= 11 is 1.78. The molecular weight excluding hydrogens is 176 g/mol. The van der Waals surface area contributed by atoms with Gasteiger partial charge in [-0.05, 0) is 39.4 Å². The Balaban J connectivity index is 2.37. The van der Waals surface area contributed by atoms with Gasteiger partial charge in [0.2, 0.25) is 0 Å². The summed E-state index contributed by atoms with van der Waals surface area (Å²) in [7, 11) is 0. The van der Waals surface area contributed by atoms with Gasteiger partial charge >= 0.3 is 0 Å². The smallest absolute Gasteiger partial charge is 0.00144 e. The van der Waals surface area contributed by atoms with Gasteiger partial charge in [-0.3, -0.25) is 0 Å². The van der Waals surface area contributed by atoms with Gasteiger partial charge in [0.1, 0.15) is 0 Å². The van der Waals surface area contributed by atoms with Gasteiger partial charge in [-0.15, -0.1) is 0 Å². The van der Waals surface area contributed by atoms with Gasteiger partial charge in [0.15, 0.2) is 0 Å². The number of hydrogen-bond acceptors (Lipinski definition) is 1. The molecule has 0 aliphatic rings. The molecule has 68 valence electrons. The Labute approximate surface area is 83.2 Å². The van der Waals surface area contributed by atoms with E-state index in [1.165, 1.54) is 22.8 Å². The molecule has 0 saturated carbocycles. The van der Waals surface area contributed by atoms with Gasteiger partial charge in [0.25, 0.3) is 0 Å². The van der Waals surface area contributed by atoms with Crippen molar-refractivity contribution in [2.45, 2.75) is 20.3 Å². The summed E-state index contributed by atoms with van der Waals surface area (Å²) in [5.41, 5.74) is 1.46. The number of benzene rings is 1. The topological polar surface area (TPSA) is 0 Å². The molecule has 0 nitrogen and oxygen atoms in total. The fourth-order valence-electron chi connectivity index (χ4n) is 1.61. The molecule has 0 atom stereocenters. The van der Waals surface area contributed by atoms with Crippen molar-refractivity contribution in [2.24, 2.45) is 5.92 Å². The van der Waals surface area contributed by atoms with Crippen LogP contribution in [0.25, 0.3) is 10.8 Å². The number of rotatable bonds is 2. The summed E-state index contributed by atoms with van der Waals surface area (Å²) in [5.74, 6) is 0.746. The molecule has 0 spiro atoms. The van der Waals surface area contributed by atoms with Crippen LogP contribution in [0.2, 0.25) is 0 Å². The van der Waals surface area contributed by atoms with Crippen LogP contribution >= 0.6 is 11.3 Å². The first-order valence-electron chi connectivity index (χ1n) is 4.70. The minimum atomic E-state index is 0.746. The number of fused-ring (bicyclic) bond motifs is 1. The highest BCUT2D eigenvalue weighted by atomic mass is 32.1. The second-order valence-electron chi connectivity index (χ2n) is 3.93. The summed E-state index contributed by atoms with van der Waals surface area (Å²) < 4.78 is 0. The predicted molar refractivity (Wildman–Crippen MR) is 60.4 cm³/mol. The first-order chi connectivity index (χ1) is 6.25. The maximum Gasteiger partial charge on any atom is -0.00144 e. The highest BCUT2D eigenvalue weighted by Gasteiger charge is 1.99. The Kier molecular flexibility index (Phi) is 2.36. The zero-order chi connectivity index (χ0) is 9.26. The van der Waals surface area contributed by atoms with E-state index in [0.29, 0.717) is 0 Å². The number of hydrogen-bond donors (Lipinski definition) is 0. The molecule has 1 aromatic heterocycles. The molecule has 2 rings (SSSR count). The average Bonchev–Trinajstić information content (AvgIpc) is 2.49. The highest BCUT2D eigenvalue weighted by molar-refractivity contribution is 7.09. The molecule has 0 saturated heterocycles. The molecule has 0 radical (unpaired) electrons. The molecule has 1 aromatic carbocycles. The van der Waals surface area contributed by atoms with E-state index in [-0.39, 0.29) is 0 Å². The summed E-state index contributed by atoms with van der Waals surface area (Å²) in [6.45, 7) is 4.52. The minimum Gasteiger partial charge on any atom is -0.151 e. The quantitative estimate of drug-likeness (QED) is 0.669. The van der Waals surface area contributed by atoms with Crippen molar-refractivity contribution in [1.82, 2.24) is 0 Å². The van der Waals surface area contributed by atoms with E-state index in [9.17, 15) is 0 Å². The molecule has 0 N–H and O–H groups in total. The van der Waals surface area contributed by atoms with Gasteiger partial charge < -0.3 is 0 Å². The first-order valence-corrected chi connectivity index (χ1v) is 5.65. The fourth-order valence-corrected chi connectivity index (χ4v) is 2.39. The molecule has 1 heterocycles. The Hall–Kier alpha value is -0.820. The van der Waals surface area contributed by atoms with Gasteiger partial charge in [-0.25, -0.2) is 0 Å².